The van der Waals surface area contributed by atoms with Crippen molar-refractivity contribution in [2.75, 3.05) is 7.11 Å². The first-order chi connectivity index (χ1) is 12.4. The number of nitrogens with zero attached hydrogens (tertiary/aromatic N) is 1. The normalized spacial score (nSPS) is 11.4. The lowest BCUT2D eigenvalue weighted by Crippen LogP contribution is -2.35. The number of nitrogens with one attached hydrogen (secondary N) is 1. The van der Waals surface area contributed by atoms with E-state index in [4.69, 9.17) is 4.74 Å². The van der Waals surface area contributed by atoms with E-state index < -0.39 is 29.3 Å². The van der Waals surface area contributed by atoms with E-state index in [-0.39, 0.29) is 12.1 Å². The largest absolute Gasteiger partial charge is 0.550 e. The molecule has 0 radical (unpaired) electrons. The number of carboxylic acids is 1. The molecule has 1 atom stereocenters. The Morgan fingerprint density at radius 2 is 1.88 bits per heavy atom. The third-order valence-corrected chi connectivity index (χ3v) is 3.71. The number of nitro benzene ring substituents is 1. The van der Waals surface area contributed by atoms with Crippen LogP contribution in [0, 0.1) is 10.1 Å². The van der Waals surface area contributed by atoms with Crippen molar-refractivity contribution in [3.8, 4) is 5.75 Å². The van der Waals surface area contributed by atoms with Crippen LogP contribution >= 0.6 is 0 Å². The zero-order valence-corrected chi connectivity index (χ0v) is 14.0. The summed E-state index contributed by atoms with van der Waals surface area (Å²) >= 11 is 0. The third kappa shape index (κ3) is 5.30. The highest BCUT2D eigenvalue weighted by Gasteiger charge is 2.18. The van der Waals surface area contributed by atoms with Gasteiger partial charge in [-0.2, -0.15) is 0 Å². The Labute approximate surface area is 149 Å². The van der Waals surface area contributed by atoms with Crippen molar-refractivity contribution in [1.82, 2.24) is 5.32 Å². The number of nitro groups is 1. The Morgan fingerprint density at radius 3 is 2.46 bits per heavy atom. The summed E-state index contributed by atoms with van der Waals surface area (Å²) in [7, 11) is 1.53. The smallest absolute Gasteiger partial charge is 0.269 e. The topological polar surface area (TPSA) is 122 Å². The molecule has 1 N–H and O–H groups in total. The Hall–Kier alpha value is -3.42. The predicted octanol–water partition coefficient (Wildman–Crippen LogP) is 1.14. The zero-order chi connectivity index (χ0) is 19.1. The van der Waals surface area contributed by atoms with Crippen molar-refractivity contribution in [1.29, 1.82) is 0 Å². The summed E-state index contributed by atoms with van der Waals surface area (Å²) in [5.74, 6) is -1.13. The highest BCUT2D eigenvalue weighted by atomic mass is 16.6. The lowest BCUT2D eigenvalue weighted by atomic mass is 10.0. The van der Waals surface area contributed by atoms with Gasteiger partial charge in [-0.25, -0.2) is 0 Å². The summed E-state index contributed by atoms with van der Waals surface area (Å²) in [6, 6.07) is 11.4. The van der Waals surface area contributed by atoms with Crippen molar-refractivity contribution in [2.24, 2.45) is 0 Å². The number of hydrogen-bond acceptors (Lipinski definition) is 6. The molecule has 0 bridgehead atoms. The van der Waals surface area contributed by atoms with Gasteiger partial charge in [-0.3, -0.25) is 14.9 Å². The second-order valence-electron chi connectivity index (χ2n) is 5.57. The van der Waals surface area contributed by atoms with E-state index in [0.29, 0.717) is 11.3 Å². The van der Waals surface area contributed by atoms with E-state index in [1.54, 1.807) is 24.3 Å². The molecule has 0 saturated heterocycles. The molecule has 2 aromatic carbocycles. The van der Waals surface area contributed by atoms with Gasteiger partial charge < -0.3 is 20.0 Å². The van der Waals surface area contributed by atoms with Gasteiger partial charge >= 0.3 is 0 Å². The average Bonchev–Trinajstić information content (AvgIpc) is 2.61. The fourth-order valence-corrected chi connectivity index (χ4v) is 2.45. The van der Waals surface area contributed by atoms with Gasteiger partial charge in [0.05, 0.1) is 24.5 Å². The van der Waals surface area contributed by atoms with Crippen LogP contribution in [0.5, 0.6) is 5.75 Å². The molecule has 0 saturated carbocycles. The molecule has 2 rings (SSSR count). The molecule has 136 valence electrons. The highest BCUT2D eigenvalue weighted by Crippen LogP contribution is 2.22. The van der Waals surface area contributed by atoms with Crippen molar-refractivity contribution in [2.45, 2.75) is 18.9 Å². The van der Waals surface area contributed by atoms with E-state index in [2.05, 4.69) is 5.32 Å². The lowest BCUT2D eigenvalue weighted by Gasteiger charge is -2.20. The van der Waals surface area contributed by atoms with Crippen LogP contribution in [0.3, 0.4) is 0 Å². The number of carboxylic acid groups (broad SMARTS) is 1. The highest BCUT2D eigenvalue weighted by molar-refractivity contribution is 5.80. The van der Waals surface area contributed by atoms with Crippen LogP contribution in [0.15, 0.2) is 48.5 Å². The molecule has 2 aromatic rings. The first kappa shape index (κ1) is 18.9. The molecule has 0 aromatic heterocycles. The van der Waals surface area contributed by atoms with Crippen LogP contribution < -0.4 is 15.2 Å². The summed E-state index contributed by atoms with van der Waals surface area (Å²) in [6.07, 6.45) is -0.460. The third-order valence-electron chi connectivity index (χ3n) is 3.71. The number of methoxy groups -OCH3 is 1. The van der Waals surface area contributed by atoms with Gasteiger partial charge in [0.2, 0.25) is 5.91 Å². The van der Waals surface area contributed by atoms with Crippen LogP contribution in [0.25, 0.3) is 0 Å². The van der Waals surface area contributed by atoms with Crippen molar-refractivity contribution < 1.29 is 24.4 Å². The minimum Gasteiger partial charge on any atom is -0.550 e. The Balaban J connectivity index is 2.13. The molecule has 0 aliphatic rings. The summed E-state index contributed by atoms with van der Waals surface area (Å²) < 4.78 is 5.04. The molecular formula is C18H17N2O6-. The van der Waals surface area contributed by atoms with E-state index in [9.17, 15) is 24.8 Å². The lowest BCUT2D eigenvalue weighted by molar-refractivity contribution is -0.385. The molecule has 26 heavy (non-hydrogen) atoms. The Bertz CT molecular complexity index is 804. The van der Waals surface area contributed by atoms with Crippen LogP contribution in [0.1, 0.15) is 23.6 Å². The first-order valence-electron chi connectivity index (χ1n) is 7.75. The van der Waals surface area contributed by atoms with Crippen LogP contribution in [-0.4, -0.2) is 23.9 Å². The van der Waals surface area contributed by atoms with Gasteiger partial charge in [0.15, 0.2) is 0 Å². The van der Waals surface area contributed by atoms with Crippen molar-refractivity contribution in [3.63, 3.8) is 0 Å². The minimum absolute atomic E-state index is 0.0302. The van der Waals surface area contributed by atoms with Crippen LogP contribution in [-0.2, 0) is 16.0 Å². The van der Waals surface area contributed by atoms with Gasteiger partial charge in [0, 0.05) is 24.5 Å². The average molecular weight is 357 g/mol. The maximum Gasteiger partial charge on any atom is 0.269 e. The second-order valence-corrected chi connectivity index (χ2v) is 5.57. The van der Waals surface area contributed by atoms with Crippen LogP contribution in [0.2, 0.25) is 0 Å². The maximum atomic E-state index is 12.3. The molecule has 0 aliphatic heterocycles. The number of carbonyl (C=O) groups excluding carboxylic acids is 2. The van der Waals surface area contributed by atoms with Gasteiger partial charge in [-0.05, 0) is 23.3 Å². The van der Waals surface area contributed by atoms with Crippen molar-refractivity contribution in [3.05, 3.63) is 69.8 Å². The van der Waals surface area contributed by atoms with Crippen LogP contribution in [0.4, 0.5) is 5.69 Å². The molecule has 0 fully saturated rings. The fourth-order valence-electron chi connectivity index (χ4n) is 2.45. The number of carbonyl (C=O) groups is 2. The number of aliphatic carboxylic acids is 1. The minimum atomic E-state index is -1.37. The summed E-state index contributed by atoms with van der Waals surface area (Å²) in [6.45, 7) is 0. The summed E-state index contributed by atoms with van der Waals surface area (Å²) in [5.41, 5.74) is 0.858. The quantitative estimate of drug-likeness (QED) is 0.558. The number of amides is 1. The van der Waals surface area contributed by atoms with E-state index in [0.717, 1.165) is 5.56 Å². The molecule has 8 heteroatoms. The molecular weight excluding hydrogens is 340 g/mol. The van der Waals surface area contributed by atoms with Crippen molar-refractivity contribution >= 4 is 17.6 Å². The van der Waals surface area contributed by atoms with Gasteiger partial charge in [-0.1, -0.05) is 24.3 Å². The number of benzene rings is 2. The SMILES string of the molecule is COc1ccc(CC(=O)NC(CC(=O)[O-])c2cccc([N+](=O)[O-])c2)cc1. The molecule has 0 spiro atoms. The summed E-state index contributed by atoms with van der Waals surface area (Å²) in [5, 5.41) is 24.5. The van der Waals surface area contributed by atoms with Gasteiger partial charge in [-0.15, -0.1) is 0 Å². The Kier molecular flexibility index (Phi) is 6.26. The molecule has 1 amide bonds. The second kappa shape index (κ2) is 8.61. The first-order valence-corrected chi connectivity index (χ1v) is 7.75. The molecule has 0 aliphatic carbocycles. The number of hydrogen-bond donors (Lipinski definition) is 1. The monoisotopic (exact) mass is 357 g/mol. The number of ether oxygens (including phenoxy) is 1. The predicted molar refractivity (Wildman–Crippen MR) is 90.3 cm³/mol. The number of rotatable bonds is 8. The molecule has 8 nitrogen and oxygen atoms in total. The van der Waals surface area contributed by atoms with Gasteiger partial charge in [0.1, 0.15) is 5.75 Å². The number of non-ortho nitro benzene ring substituents is 1. The zero-order valence-electron chi connectivity index (χ0n) is 14.0. The fraction of sp³-hybridized carbons (Fsp3) is 0.222. The Morgan fingerprint density at radius 1 is 1.19 bits per heavy atom. The standard InChI is InChI=1S/C18H18N2O6/c1-26-15-7-5-12(6-8-15)9-17(21)19-16(11-18(22)23)13-3-2-4-14(10-13)20(24)25/h2-8,10,16H,9,11H2,1H3,(H,19,21)(H,22,23)/p-1. The maximum absolute atomic E-state index is 12.3. The van der Waals surface area contributed by atoms with Gasteiger partial charge in [0.25, 0.3) is 5.69 Å². The molecule has 0 heterocycles. The van der Waals surface area contributed by atoms with E-state index in [1.165, 1.54) is 31.4 Å². The summed E-state index contributed by atoms with van der Waals surface area (Å²) in [4.78, 5) is 33.6. The van der Waals surface area contributed by atoms with E-state index in [1.807, 2.05) is 0 Å². The molecule has 1 unspecified atom stereocenters. The van der Waals surface area contributed by atoms with E-state index >= 15 is 0 Å².